The molecule has 1 aromatic heterocycles. The van der Waals surface area contributed by atoms with Gasteiger partial charge in [-0.1, -0.05) is 6.07 Å². The maximum Gasteiger partial charge on any atom is 0.345 e. The van der Waals surface area contributed by atoms with Gasteiger partial charge in [-0.15, -0.1) is 0 Å². The van der Waals surface area contributed by atoms with E-state index in [0.717, 1.165) is 5.56 Å². The lowest BCUT2D eigenvalue weighted by molar-refractivity contribution is 0.354. The SMILES string of the molecule is COc1ccc(C(N)Cn2ncn(C)c2=O)cc1OC. The van der Waals surface area contributed by atoms with Crippen molar-refractivity contribution in [2.45, 2.75) is 12.6 Å². The van der Waals surface area contributed by atoms with Crippen LogP contribution < -0.4 is 20.9 Å². The Morgan fingerprint density at radius 1 is 1.30 bits per heavy atom. The summed E-state index contributed by atoms with van der Waals surface area (Å²) in [6.07, 6.45) is 1.46. The number of nitrogens with zero attached hydrogens (tertiary/aromatic N) is 3. The first kappa shape index (κ1) is 14.1. The summed E-state index contributed by atoms with van der Waals surface area (Å²) < 4.78 is 13.2. The van der Waals surface area contributed by atoms with Crippen molar-refractivity contribution in [2.24, 2.45) is 12.8 Å². The standard InChI is InChI=1S/C13H18N4O3/c1-16-8-15-17(13(16)18)7-10(14)9-4-5-11(19-2)12(6-9)20-3/h4-6,8,10H,7,14H2,1-3H3. The zero-order valence-corrected chi connectivity index (χ0v) is 11.7. The summed E-state index contributed by atoms with van der Waals surface area (Å²) >= 11 is 0. The van der Waals surface area contributed by atoms with Crippen molar-refractivity contribution in [1.82, 2.24) is 14.3 Å². The van der Waals surface area contributed by atoms with Gasteiger partial charge in [0.2, 0.25) is 0 Å². The summed E-state index contributed by atoms with van der Waals surface area (Å²) in [5.41, 5.74) is 6.77. The quantitative estimate of drug-likeness (QED) is 0.850. The predicted octanol–water partition coefficient (Wildman–Crippen LogP) is 0.299. The summed E-state index contributed by atoms with van der Waals surface area (Å²) in [5.74, 6) is 1.24. The highest BCUT2D eigenvalue weighted by Gasteiger charge is 2.13. The van der Waals surface area contributed by atoms with Crippen LogP contribution in [0.25, 0.3) is 0 Å². The molecule has 0 fully saturated rings. The molecule has 1 unspecified atom stereocenters. The molecular formula is C13H18N4O3. The van der Waals surface area contributed by atoms with Crippen LogP contribution in [0.4, 0.5) is 0 Å². The van der Waals surface area contributed by atoms with E-state index in [9.17, 15) is 4.79 Å². The smallest absolute Gasteiger partial charge is 0.345 e. The van der Waals surface area contributed by atoms with E-state index in [-0.39, 0.29) is 11.7 Å². The normalized spacial score (nSPS) is 12.2. The molecule has 0 radical (unpaired) electrons. The lowest BCUT2D eigenvalue weighted by Gasteiger charge is -2.14. The first-order valence-electron chi connectivity index (χ1n) is 6.12. The highest BCUT2D eigenvalue weighted by molar-refractivity contribution is 5.43. The van der Waals surface area contributed by atoms with Crippen molar-refractivity contribution in [3.63, 3.8) is 0 Å². The maximum atomic E-state index is 11.7. The van der Waals surface area contributed by atoms with Gasteiger partial charge in [-0.05, 0) is 17.7 Å². The molecule has 2 rings (SSSR count). The zero-order chi connectivity index (χ0) is 14.7. The van der Waals surface area contributed by atoms with Gasteiger partial charge >= 0.3 is 5.69 Å². The first-order chi connectivity index (χ1) is 9.56. The maximum absolute atomic E-state index is 11.7. The number of hydrogen-bond acceptors (Lipinski definition) is 5. The number of ether oxygens (including phenoxy) is 2. The van der Waals surface area contributed by atoms with Crippen molar-refractivity contribution >= 4 is 0 Å². The summed E-state index contributed by atoms with van der Waals surface area (Å²) in [4.78, 5) is 11.7. The van der Waals surface area contributed by atoms with Crippen LogP contribution in [0.1, 0.15) is 11.6 Å². The van der Waals surface area contributed by atoms with Gasteiger partial charge in [0.15, 0.2) is 11.5 Å². The number of benzene rings is 1. The Balaban J connectivity index is 2.23. The van der Waals surface area contributed by atoms with Crippen LogP contribution in [-0.4, -0.2) is 28.6 Å². The molecule has 1 heterocycles. The van der Waals surface area contributed by atoms with Gasteiger partial charge in [-0.25, -0.2) is 9.48 Å². The summed E-state index contributed by atoms with van der Waals surface area (Å²) in [6, 6.07) is 5.08. The average Bonchev–Trinajstić information content (AvgIpc) is 2.78. The number of nitrogens with two attached hydrogens (primary N) is 1. The molecule has 0 saturated heterocycles. The number of aromatic nitrogens is 3. The molecule has 0 amide bonds. The van der Waals surface area contributed by atoms with Crippen molar-refractivity contribution < 1.29 is 9.47 Å². The fourth-order valence-electron chi connectivity index (χ4n) is 1.92. The van der Waals surface area contributed by atoms with E-state index < -0.39 is 0 Å². The number of methoxy groups -OCH3 is 2. The third-order valence-electron chi connectivity index (χ3n) is 3.09. The molecule has 0 aliphatic heterocycles. The van der Waals surface area contributed by atoms with E-state index in [0.29, 0.717) is 18.0 Å². The highest BCUT2D eigenvalue weighted by Crippen LogP contribution is 2.29. The van der Waals surface area contributed by atoms with Crippen LogP contribution in [-0.2, 0) is 13.6 Å². The van der Waals surface area contributed by atoms with Crippen molar-refractivity contribution in [3.8, 4) is 11.5 Å². The van der Waals surface area contributed by atoms with E-state index >= 15 is 0 Å². The minimum atomic E-state index is -0.359. The Bertz CT molecular complexity index is 647. The van der Waals surface area contributed by atoms with Crippen LogP contribution in [0.2, 0.25) is 0 Å². The molecule has 1 aromatic carbocycles. The Kier molecular flexibility index (Phi) is 4.09. The fourth-order valence-corrected chi connectivity index (χ4v) is 1.92. The van der Waals surface area contributed by atoms with Gasteiger partial charge < -0.3 is 15.2 Å². The Hall–Kier alpha value is -2.28. The highest BCUT2D eigenvalue weighted by atomic mass is 16.5. The average molecular weight is 278 g/mol. The van der Waals surface area contributed by atoms with Gasteiger partial charge in [0.25, 0.3) is 0 Å². The first-order valence-corrected chi connectivity index (χ1v) is 6.12. The summed E-state index contributed by atoms with van der Waals surface area (Å²) in [7, 11) is 4.79. The summed E-state index contributed by atoms with van der Waals surface area (Å²) in [5, 5.41) is 3.99. The molecule has 0 bridgehead atoms. The Morgan fingerprint density at radius 2 is 2.00 bits per heavy atom. The molecule has 0 saturated carbocycles. The molecule has 7 nitrogen and oxygen atoms in total. The summed E-state index contributed by atoms with van der Waals surface area (Å²) in [6.45, 7) is 0.301. The monoisotopic (exact) mass is 278 g/mol. The van der Waals surface area contributed by atoms with Gasteiger partial charge in [0.05, 0.1) is 20.8 Å². The van der Waals surface area contributed by atoms with Crippen LogP contribution in [0.3, 0.4) is 0 Å². The van der Waals surface area contributed by atoms with E-state index in [1.165, 1.54) is 15.6 Å². The minimum absolute atomic E-state index is 0.194. The van der Waals surface area contributed by atoms with E-state index in [1.807, 2.05) is 6.07 Å². The van der Waals surface area contributed by atoms with Crippen LogP contribution >= 0.6 is 0 Å². The molecule has 20 heavy (non-hydrogen) atoms. The second-order valence-electron chi connectivity index (χ2n) is 4.43. The number of rotatable bonds is 5. The molecule has 0 aliphatic carbocycles. The fraction of sp³-hybridized carbons (Fsp3) is 0.385. The molecule has 0 spiro atoms. The largest absolute Gasteiger partial charge is 0.493 e. The minimum Gasteiger partial charge on any atom is -0.493 e. The molecule has 2 aromatic rings. The topological polar surface area (TPSA) is 84.3 Å². The molecule has 7 heteroatoms. The third kappa shape index (κ3) is 2.67. The molecule has 2 N–H and O–H groups in total. The van der Waals surface area contributed by atoms with E-state index in [2.05, 4.69) is 5.10 Å². The van der Waals surface area contributed by atoms with E-state index in [4.69, 9.17) is 15.2 Å². The molecule has 1 atom stereocenters. The number of hydrogen-bond donors (Lipinski definition) is 1. The molecule has 0 aliphatic rings. The van der Waals surface area contributed by atoms with Gasteiger partial charge in [0.1, 0.15) is 6.33 Å². The van der Waals surface area contributed by atoms with Crippen LogP contribution in [0, 0.1) is 0 Å². The predicted molar refractivity (Wildman–Crippen MR) is 73.9 cm³/mol. The Labute approximate surface area is 116 Å². The van der Waals surface area contributed by atoms with Crippen molar-refractivity contribution in [1.29, 1.82) is 0 Å². The second kappa shape index (κ2) is 5.79. The van der Waals surface area contributed by atoms with Crippen LogP contribution in [0.5, 0.6) is 11.5 Å². The molecular weight excluding hydrogens is 260 g/mol. The Morgan fingerprint density at radius 3 is 2.55 bits per heavy atom. The van der Waals surface area contributed by atoms with Gasteiger partial charge in [0, 0.05) is 13.1 Å². The third-order valence-corrected chi connectivity index (χ3v) is 3.09. The zero-order valence-electron chi connectivity index (χ0n) is 11.7. The lowest BCUT2D eigenvalue weighted by atomic mass is 10.1. The van der Waals surface area contributed by atoms with Gasteiger partial charge in [-0.3, -0.25) is 4.57 Å². The lowest BCUT2D eigenvalue weighted by Crippen LogP contribution is -2.28. The van der Waals surface area contributed by atoms with Crippen molar-refractivity contribution in [2.75, 3.05) is 14.2 Å². The second-order valence-corrected chi connectivity index (χ2v) is 4.43. The van der Waals surface area contributed by atoms with Crippen LogP contribution in [0.15, 0.2) is 29.3 Å². The van der Waals surface area contributed by atoms with Gasteiger partial charge in [-0.2, -0.15) is 5.10 Å². The van der Waals surface area contributed by atoms with E-state index in [1.54, 1.807) is 33.4 Å². The number of aryl methyl sites for hydroxylation is 1. The van der Waals surface area contributed by atoms with Crippen molar-refractivity contribution in [3.05, 3.63) is 40.6 Å². The molecule has 108 valence electrons.